The molecule has 0 saturated carbocycles. The van der Waals surface area contributed by atoms with Gasteiger partial charge in [0, 0.05) is 17.8 Å². The third-order valence-electron chi connectivity index (χ3n) is 3.06. The summed E-state index contributed by atoms with van der Waals surface area (Å²) in [6.07, 6.45) is 3.27. The van der Waals surface area contributed by atoms with Gasteiger partial charge in [-0.3, -0.25) is 4.79 Å². The van der Waals surface area contributed by atoms with E-state index in [1.165, 1.54) is 6.20 Å². The molecule has 0 aliphatic carbocycles. The van der Waals surface area contributed by atoms with Crippen molar-refractivity contribution in [2.75, 3.05) is 12.4 Å². The van der Waals surface area contributed by atoms with Gasteiger partial charge in [0.15, 0.2) is 5.69 Å². The fraction of sp³-hybridized carbons (Fsp3) is 0.700. The Balaban J connectivity index is 2.53. The van der Waals surface area contributed by atoms with E-state index in [1.54, 1.807) is 0 Å². The molecule has 2 N–H and O–H groups in total. The van der Waals surface area contributed by atoms with Gasteiger partial charge in [-0.25, -0.2) is 0 Å². The first-order valence-corrected chi connectivity index (χ1v) is 5.91. The van der Waals surface area contributed by atoms with E-state index in [9.17, 15) is 4.79 Å². The number of carbonyl (C=O) groups excluding carboxylic acids is 1. The number of nitrogens with one attached hydrogen (secondary N) is 2. The SMILES string of the molecule is CCC(CC)(CCl)CNC(=O)c1cn[nH]n1. The molecule has 0 saturated heterocycles. The molecule has 0 aliphatic heterocycles. The molecule has 5 nitrogen and oxygen atoms in total. The van der Waals surface area contributed by atoms with Gasteiger partial charge in [0.05, 0.1) is 6.20 Å². The highest BCUT2D eigenvalue weighted by molar-refractivity contribution is 6.18. The number of aromatic nitrogens is 3. The number of rotatable bonds is 6. The monoisotopic (exact) mass is 244 g/mol. The predicted octanol–water partition coefficient (Wildman–Crippen LogP) is 1.58. The Morgan fingerprint density at radius 3 is 2.69 bits per heavy atom. The smallest absolute Gasteiger partial charge is 0.273 e. The Hall–Kier alpha value is -1.10. The van der Waals surface area contributed by atoms with Crippen LogP contribution in [0.25, 0.3) is 0 Å². The van der Waals surface area contributed by atoms with Crippen molar-refractivity contribution in [1.29, 1.82) is 0 Å². The second-order valence-corrected chi connectivity index (χ2v) is 4.15. The first-order valence-electron chi connectivity index (χ1n) is 5.37. The van der Waals surface area contributed by atoms with Crippen LogP contribution in [0.5, 0.6) is 0 Å². The van der Waals surface area contributed by atoms with E-state index in [4.69, 9.17) is 11.6 Å². The number of aromatic amines is 1. The highest BCUT2D eigenvalue weighted by atomic mass is 35.5. The third kappa shape index (κ3) is 2.95. The fourth-order valence-corrected chi connectivity index (χ4v) is 1.88. The first-order chi connectivity index (χ1) is 7.67. The summed E-state index contributed by atoms with van der Waals surface area (Å²) in [5, 5.41) is 12.5. The highest BCUT2D eigenvalue weighted by Gasteiger charge is 2.26. The summed E-state index contributed by atoms with van der Waals surface area (Å²) in [6.45, 7) is 4.72. The lowest BCUT2D eigenvalue weighted by atomic mass is 9.84. The summed E-state index contributed by atoms with van der Waals surface area (Å²) < 4.78 is 0. The van der Waals surface area contributed by atoms with Crippen LogP contribution in [0.1, 0.15) is 37.2 Å². The fourth-order valence-electron chi connectivity index (χ4n) is 1.41. The van der Waals surface area contributed by atoms with E-state index in [1.807, 2.05) is 0 Å². The molecule has 0 unspecified atom stereocenters. The number of carbonyl (C=O) groups is 1. The van der Waals surface area contributed by atoms with Crippen molar-refractivity contribution in [2.24, 2.45) is 5.41 Å². The maximum absolute atomic E-state index is 11.6. The van der Waals surface area contributed by atoms with Gasteiger partial charge < -0.3 is 5.32 Å². The quantitative estimate of drug-likeness (QED) is 0.747. The van der Waals surface area contributed by atoms with Crippen LogP contribution in [0.15, 0.2) is 6.20 Å². The van der Waals surface area contributed by atoms with Crippen LogP contribution >= 0.6 is 11.6 Å². The molecule has 1 aromatic heterocycles. The van der Waals surface area contributed by atoms with Gasteiger partial charge in [-0.15, -0.1) is 11.6 Å². The molecular weight excluding hydrogens is 228 g/mol. The molecule has 0 radical (unpaired) electrons. The van der Waals surface area contributed by atoms with E-state index in [0.717, 1.165) is 12.8 Å². The minimum absolute atomic E-state index is 0.0268. The molecule has 1 amide bonds. The van der Waals surface area contributed by atoms with Crippen molar-refractivity contribution >= 4 is 17.5 Å². The van der Waals surface area contributed by atoms with Crippen LogP contribution in [0.3, 0.4) is 0 Å². The highest BCUT2D eigenvalue weighted by Crippen LogP contribution is 2.26. The molecule has 0 aromatic carbocycles. The number of amides is 1. The first kappa shape index (κ1) is 13.0. The second-order valence-electron chi connectivity index (χ2n) is 3.88. The third-order valence-corrected chi connectivity index (χ3v) is 3.62. The molecule has 1 aromatic rings. The van der Waals surface area contributed by atoms with Crippen molar-refractivity contribution in [3.8, 4) is 0 Å². The Labute approximate surface area is 100.0 Å². The molecule has 0 spiro atoms. The van der Waals surface area contributed by atoms with Crippen LogP contribution in [-0.4, -0.2) is 33.7 Å². The maximum Gasteiger partial charge on any atom is 0.273 e. The number of halogens is 1. The molecular formula is C10H17ClN4O. The van der Waals surface area contributed by atoms with Crippen LogP contribution in [0.4, 0.5) is 0 Å². The number of hydrogen-bond donors (Lipinski definition) is 2. The van der Waals surface area contributed by atoms with Crippen molar-refractivity contribution < 1.29 is 4.79 Å². The van der Waals surface area contributed by atoms with Gasteiger partial charge in [-0.05, 0) is 12.8 Å². The van der Waals surface area contributed by atoms with Crippen molar-refractivity contribution in [1.82, 2.24) is 20.7 Å². The van der Waals surface area contributed by atoms with Gasteiger partial charge in [0.1, 0.15) is 0 Å². The Bertz CT molecular complexity index is 313. The lowest BCUT2D eigenvalue weighted by Gasteiger charge is -2.29. The van der Waals surface area contributed by atoms with E-state index >= 15 is 0 Å². The minimum Gasteiger partial charge on any atom is -0.350 e. The van der Waals surface area contributed by atoms with Crippen LogP contribution < -0.4 is 5.32 Å². The Kier molecular flexibility index (Phi) is 4.73. The standard InChI is InChI=1S/C10H17ClN4O/c1-3-10(4-2,6-11)7-12-9(16)8-5-13-15-14-8/h5H,3-4,6-7H2,1-2H3,(H,12,16)(H,13,14,15). The number of hydrogen-bond acceptors (Lipinski definition) is 3. The van der Waals surface area contributed by atoms with Gasteiger partial charge in [0.25, 0.3) is 5.91 Å². The zero-order valence-electron chi connectivity index (χ0n) is 9.59. The average Bonchev–Trinajstić information content (AvgIpc) is 2.85. The number of H-pyrrole nitrogens is 1. The van der Waals surface area contributed by atoms with Gasteiger partial charge >= 0.3 is 0 Å². The van der Waals surface area contributed by atoms with Crippen LogP contribution in [0, 0.1) is 5.41 Å². The normalized spacial score (nSPS) is 11.4. The second kappa shape index (κ2) is 5.84. The largest absolute Gasteiger partial charge is 0.350 e. The van der Waals surface area contributed by atoms with Gasteiger partial charge in [-0.2, -0.15) is 15.4 Å². The minimum atomic E-state index is -0.217. The zero-order chi connectivity index (χ0) is 12.0. The van der Waals surface area contributed by atoms with E-state index < -0.39 is 0 Å². The summed E-state index contributed by atoms with van der Waals surface area (Å²) in [5.41, 5.74) is 0.275. The topological polar surface area (TPSA) is 70.7 Å². The molecule has 0 bridgehead atoms. The molecule has 0 fully saturated rings. The molecule has 16 heavy (non-hydrogen) atoms. The Morgan fingerprint density at radius 2 is 2.25 bits per heavy atom. The molecule has 6 heteroatoms. The lowest BCUT2D eigenvalue weighted by Crippen LogP contribution is -2.38. The summed E-state index contributed by atoms with van der Waals surface area (Å²) in [7, 11) is 0. The maximum atomic E-state index is 11.6. The summed E-state index contributed by atoms with van der Waals surface area (Å²) in [4.78, 5) is 11.6. The molecule has 1 heterocycles. The zero-order valence-corrected chi connectivity index (χ0v) is 10.3. The summed E-state index contributed by atoms with van der Waals surface area (Å²) in [5.74, 6) is 0.323. The van der Waals surface area contributed by atoms with Crippen molar-refractivity contribution in [3.63, 3.8) is 0 Å². The van der Waals surface area contributed by atoms with Crippen molar-refractivity contribution in [3.05, 3.63) is 11.9 Å². The van der Waals surface area contributed by atoms with Crippen molar-refractivity contribution in [2.45, 2.75) is 26.7 Å². The molecule has 0 aliphatic rings. The number of nitrogens with zero attached hydrogens (tertiary/aromatic N) is 2. The summed E-state index contributed by atoms with van der Waals surface area (Å²) >= 11 is 5.95. The molecule has 0 atom stereocenters. The lowest BCUT2D eigenvalue weighted by molar-refractivity contribution is 0.0926. The average molecular weight is 245 g/mol. The number of alkyl halides is 1. The Morgan fingerprint density at radius 1 is 1.56 bits per heavy atom. The van der Waals surface area contributed by atoms with Crippen LogP contribution in [0.2, 0.25) is 0 Å². The predicted molar refractivity (Wildman–Crippen MR) is 62.5 cm³/mol. The van der Waals surface area contributed by atoms with E-state index in [-0.39, 0.29) is 11.3 Å². The van der Waals surface area contributed by atoms with Gasteiger partial charge in [0.2, 0.25) is 0 Å². The van der Waals surface area contributed by atoms with Gasteiger partial charge in [-0.1, -0.05) is 13.8 Å². The van der Waals surface area contributed by atoms with E-state index in [0.29, 0.717) is 18.1 Å². The molecule has 90 valence electrons. The molecule has 1 rings (SSSR count). The van der Waals surface area contributed by atoms with Crippen LogP contribution in [-0.2, 0) is 0 Å². The summed E-state index contributed by atoms with van der Waals surface area (Å²) in [6, 6.07) is 0. The van der Waals surface area contributed by atoms with E-state index in [2.05, 4.69) is 34.6 Å².